The summed E-state index contributed by atoms with van der Waals surface area (Å²) in [7, 11) is 0. The largest absolute Gasteiger partial charge is 0.481 e. The summed E-state index contributed by atoms with van der Waals surface area (Å²) in [5.41, 5.74) is 1.85. The van der Waals surface area contributed by atoms with Crippen molar-refractivity contribution in [3.63, 3.8) is 0 Å². The summed E-state index contributed by atoms with van der Waals surface area (Å²) in [6.45, 7) is 3.91. The maximum Gasteiger partial charge on any atom is 0.265 e. The summed E-state index contributed by atoms with van der Waals surface area (Å²) in [6, 6.07) is 15.1. The molecule has 0 spiro atoms. The number of para-hydroxylation sites is 1. The Balaban J connectivity index is 2.04. The molecule has 0 saturated heterocycles. The van der Waals surface area contributed by atoms with Crippen molar-refractivity contribution in [2.24, 2.45) is 0 Å². The fourth-order valence-electron chi connectivity index (χ4n) is 1.93. The first-order valence-electron chi connectivity index (χ1n) is 6.89. The molecule has 1 N–H and O–H groups in total. The summed E-state index contributed by atoms with van der Waals surface area (Å²) in [6.07, 6.45) is 0.104. The molecule has 21 heavy (non-hydrogen) atoms. The number of anilines is 1. The molecule has 0 saturated carbocycles. The highest BCUT2D eigenvalue weighted by molar-refractivity contribution is 9.10. The average Bonchev–Trinajstić information content (AvgIpc) is 2.49. The van der Waals surface area contributed by atoms with E-state index in [0.29, 0.717) is 12.2 Å². The van der Waals surface area contributed by atoms with Gasteiger partial charge in [-0.2, -0.15) is 0 Å². The van der Waals surface area contributed by atoms with Gasteiger partial charge in [-0.15, -0.1) is 0 Å². The molecule has 0 aliphatic rings. The number of hydrogen-bond donors (Lipinski definition) is 1. The van der Waals surface area contributed by atoms with Gasteiger partial charge in [-0.3, -0.25) is 4.79 Å². The zero-order chi connectivity index (χ0) is 15.2. The fourth-order valence-corrected chi connectivity index (χ4v) is 2.18. The summed E-state index contributed by atoms with van der Waals surface area (Å²) in [5, 5.41) is 2.90. The molecule has 0 fully saturated rings. The zero-order valence-corrected chi connectivity index (χ0v) is 13.7. The van der Waals surface area contributed by atoms with Crippen molar-refractivity contribution in [2.75, 3.05) is 5.32 Å². The van der Waals surface area contributed by atoms with E-state index in [2.05, 4.69) is 21.2 Å². The van der Waals surface area contributed by atoms with Crippen LogP contribution in [0.15, 0.2) is 53.0 Å². The van der Waals surface area contributed by atoms with Crippen molar-refractivity contribution in [1.29, 1.82) is 0 Å². The van der Waals surface area contributed by atoms with E-state index < -0.39 is 6.10 Å². The van der Waals surface area contributed by atoms with Crippen LogP contribution in [0.5, 0.6) is 5.75 Å². The van der Waals surface area contributed by atoms with E-state index in [1.807, 2.05) is 62.4 Å². The van der Waals surface area contributed by atoms with Crippen LogP contribution in [0.3, 0.4) is 0 Å². The van der Waals surface area contributed by atoms with E-state index >= 15 is 0 Å². The standard InChI is InChI=1S/C17H18BrNO2/c1-3-16(21-14-7-5-4-6-8-14)17(20)19-13-9-10-15(18)12(2)11-13/h4-11,16H,3H2,1-2H3,(H,19,20)/t16-/m0/s1. The Morgan fingerprint density at radius 1 is 1.24 bits per heavy atom. The summed E-state index contributed by atoms with van der Waals surface area (Å²) >= 11 is 3.45. The van der Waals surface area contributed by atoms with Crippen LogP contribution in [0.2, 0.25) is 0 Å². The molecule has 2 aromatic carbocycles. The molecule has 0 aliphatic carbocycles. The van der Waals surface area contributed by atoms with E-state index in [4.69, 9.17) is 4.74 Å². The first-order chi connectivity index (χ1) is 10.1. The molecule has 2 aromatic rings. The topological polar surface area (TPSA) is 38.3 Å². The average molecular weight is 348 g/mol. The molecule has 110 valence electrons. The first-order valence-corrected chi connectivity index (χ1v) is 7.68. The number of carbonyl (C=O) groups is 1. The lowest BCUT2D eigenvalue weighted by molar-refractivity contribution is -0.122. The first kappa shape index (κ1) is 15.6. The molecule has 0 aliphatic heterocycles. The highest BCUT2D eigenvalue weighted by Crippen LogP contribution is 2.21. The molecular formula is C17H18BrNO2. The van der Waals surface area contributed by atoms with Gasteiger partial charge in [-0.25, -0.2) is 0 Å². The second-order valence-corrected chi connectivity index (χ2v) is 5.64. The van der Waals surface area contributed by atoms with Crippen LogP contribution < -0.4 is 10.1 Å². The van der Waals surface area contributed by atoms with E-state index in [1.165, 1.54) is 0 Å². The van der Waals surface area contributed by atoms with Gasteiger partial charge < -0.3 is 10.1 Å². The van der Waals surface area contributed by atoms with Crippen LogP contribution in [0.25, 0.3) is 0 Å². The number of ether oxygens (including phenoxy) is 1. The molecular weight excluding hydrogens is 330 g/mol. The Morgan fingerprint density at radius 3 is 2.57 bits per heavy atom. The highest BCUT2D eigenvalue weighted by Gasteiger charge is 2.18. The Morgan fingerprint density at radius 2 is 1.95 bits per heavy atom. The van der Waals surface area contributed by atoms with Gasteiger partial charge in [0.1, 0.15) is 5.75 Å². The minimum atomic E-state index is -0.503. The third-order valence-electron chi connectivity index (χ3n) is 3.11. The molecule has 0 bridgehead atoms. The normalized spacial score (nSPS) is 11.8. The van der Waals surface area contributed by atoms with E-state index in [0.717, 1.165) is 15.7 Å². The number of carbonyl (C=O) groups excluding carboxylic acids is 1. The minimum absolute atomic E-state index is 0.136. The Hall–Kier alpha value is -1.81. The Bertz CT molecular complexity index is 613. The maximum absolute atomic E-state index is 12.3. The van der Waals surface area contributed by atoms with Crippen LogP contribution in [-0.4, -0.2) is 12.0 Å². The molecule has 2 rings (SSSR count). The lowest BCUT2D eigenvalue weighted by Crippen LogP contribution is -2.32. The van der Waals surface area contributed by atoms with Crippen LogP contribution in [0.4, 0.5) is 5.69 Å². The smallest absolute Gasteiger partial charge is 0.265 e. The van der Waals surface area contributed by atoms with Crippen LogP contribution in [0, 0.1) is 6.92 Å². The van der Waals surface area contributed by atoms with E-state index in [9.17, 15) is 4.79 Å². The van der Waals surface area contributed by atoms with Crippen molar-refractivity contribution in [2.45, 2.75) is 26.4 Å². The number of nitrogens with one attached hydrogen (secondary N) is 1. The number of benzene rings is 2. The van der Waals surface area contributed by atoms with Crippen molar-refractivity contribution in [1.82, 2.24) is 0 Å². The molecule has 1 atom stereocenters. The predicted octanol–water partition coefficient (Wildman–Crippen LogP) is 4.55. The van der Waals surface area contributed by atoms with Crippen molar-refractivity contribution < 1.29 is 9.53 Å². The van der Waals surface area contributed by atoms with Gasteiger partial charge in [0.2, 0.25) is 0 Å². The SMILES string of the molecule is CC[C@H](Oc1ccccc1)C(=O)Nc1ccc(Br)c(C)c1. The van der Waals surface area contributed by atoms with Crippen molar-refractivity contribution >= 4 is 27.5 Å². The molecule has 4 heteroatoms. The molecule has 0 radical (unpaired) electrons. The van der Waals surface area contributed by atoms with Gasteiger partial charge in [0.25, 0.3) is 5.91 Å². The third-order valence-corrected chi connectivity index (χ3v) is 4.00. The maximum atomic E-state index is 12.3. The second-order valence-electron chi connectivity index (χ2n) is 4.78. The van der Waals surface area contributed by atoms with Crippen molar-refractivity contribution in [3.8, 4) is 5.75 Å². The van der Waals surface area contributed by atoms with Crippen molar-refractivity contribution in [3.05, 3.63) is 58.6 Å². The van der Waals surface area contributed by atoms with Gasteiger partial charge in [0.05, 0.1) is 0 Å². The Labute approximate surface area is 133 Å². The zero-order valence-electron chi connectivity index (χ0n) is 12.1. The van der Waals surface area contributed by atoms with Gasteiger partial charge >= 0.3 is 0 Å². The van der Waals surface area contributed by atoms with Gasteiger partial charge in [0.15, 0.2) is 6.10 Å². The number of halogens is 1. The number of aryl methyl sites for hydroxylation is 1. The second kappa shape index (κ2) is 7.27. The quantitative estimate of drug-likeness (QED) is 0.861. The third kappa shape index (κ3) is 4.33. The molecule has 0 heterocycles. The minimum Gasteiger partial charge on any atom is -0.481 e. The molecule has 3 nitrogen and oxygen atoms in total. The van der Waals surface area contributed by atoms with Crippen LogP contribution in [-0.2, 0) is 4.79 Å². The number of amides is 1. The van der Waals surface area contributed by atoms with Gasteiger partial charge in [-0.1, -0.05) is 41.1 Å². The van der Waals surface area contributed by atoms with E-state index in [-0.39, 0.29) is 5.91 Å². The number of rotatable bonds is 5. The Kier molecular flexibility index (Phi) is 5.39. The van der Waals surface area contributed by atoms with Crippen LogP contribution in [0.1, 0.15) is 18.9 Å². The summed E-state index contributed by atoms with van der Waals surface area (Å²) < 4.78 is 6.75. The predicted molar refractivity (Wildman–Crippen MR) is 88.7 cm³/mol. The van der Waals surface area contributed by atoms with Gasteiger partial charge in [0, 0.05) is 10.2 Å². The molecule has 0 unspecified atom stereocenters. The molecule has 1 amide bonds. The van der Waals surface area contributed by atoms with Gasteiger partial charge in [-0.05, 0) is 49.2 Å². The monoisotopic (exact) mass is 347 g/mol. The summed E-state index contributed by atoms with van der Waals surface area (Å²) in [5.74, 6) is 0.564. The van der Waals surface area contributed by atoms with E-state index in [1.54, 1.807) is 0 Å². The number of hydrogen-bond acceptors (Lipinski definition) is 2. The van der Waals surface area contributed by atoms with Crippen LogP contribution >= 0.6 is 15.9 Å². The highest BCUT2D eigenvalue weighted by atomic mass is 79.9. The lowest BCUT2D eigenvalue weighted by Gasteiger charge is -2.17. The lowest BCUT2D eigenvalue weighted by atomic mass is 10.2. The fraction of sp³-hybridized carbons (Fsp3) is 0.235. The molecule has 0 aromatic heterocycles. The summed E-state index contributed by atoms with van der Waals surface area (Å²) in [4.78, 5) is 12.3.